The highest BCUT2D eigenvalue weighted by Gasteiger charge is 2.31. The second kappa shape index (κ2) is 4.90. The SMILES string of the molecule is COC(=O)C(C)(C)NC(=O)c1cnc(C)cn1. The fraction of sp³-hybridized carbons (Fsp3) is 0.455. The summed E-state index contributed by atoms with van der Waals surface area (Å²) in [6, 6.07) is 0. The van der Waals surface area contributed by atoms with Crippen molar-refractivity contribution in [1.29, 1.82) is 0 Å². The van der Waals surface area contributed by atoms with Crippen molar-refractivity contribution in [3.8, 4) is 0 Å². The molecule has 0 aliphatic carbocycles. The molecule has 6 heteroatoms. The van der Waals surface area contributed by atoms with Crippen molar-refractivity contribution in [2.45, 2.75) is 26.3 Å². The van der Waals surface area contributed by atoms with Gasteiger partial charge < -0.3 is 10.1 Å². The van der Waals surface area contributed by atoms with Gasteiger partial charge >= 0.3 is 5.97 Å². The van der Waals surface area contributed by atoms with Gasteiger partial charge in [0.25, 0.3) is 5.91 Å². The Balaban J connectivity index is 2.79. The number of nitrogens with zero attached hydrogens (tertiary/aromatic N) is 2. The molecule has 6 nitrogen and oxygen atoms in total. The Morgan fingerprint density at radius 1 is 1.29 bits per heavy atom. The lowest BCUT2D eigenvalue weighted by molar-refractivity contribution is -0.146. The standard InChI is InChI=1S/C11H15N3O3/c1-7-5-13-8(6-12-7)9(15)14-11(2,3)10(16)17-4/h5-6H,1-4H3,(H,14,15). The minimum atomic E-state index is -1.10. The minimum Gasteiger partial charge on any atom is -0.467 e. The molecule has 0 aliphatic heterocycles. The molecule has 0 fully saturated rings. The van der Waals surface area contributed by atoms with Crippen LogP contribution < -0.4 is 5.32 Å². The molecule has 17 heavy (non-hydrogen) atoms. The number of hydrogen-bond donors (Lipinski definition) is 1. The average molecular weight is 237 g/mol. The number of esters is 1. The lowest BCUT2D eigenvalue weighted by Crippen LogP contribution is -2.50. The highest BCUT2D eigenvalue weighted by Crippen LogP contribution is 2.06. The summed E-state index contributed by atoms with van der Waals surface area (Å²) in [5.74, 6) is -0.987. The van der Waals surface area contributed by atoms with Gasteiger partial charge in [-0.2, -0.15) is 0 Å². The summed E-state index contributed by atoms with van der Waals surface area (Å²) in [4.78, 5) is 31.0. The summed E-state index contributed by atoms with van der Waals surface area (Å²) >= 11 is 0. The summed E-state index contributed by atoms with van der Waals surface area (Å²) in [5.41, 5.74) is -0.223. The highest BCUT2D eigenvalue weighted by atomic mass is 16.5. The van der Waals surface area contributed by atoms with Crippen molar-refractivity contribution >= 4 is 11.9 Å². The summed E-state index contributed by atoms with van der Waals surface area (Å²) in [6.07, 6.45) is 2.85. The van der Waals surface area contributed by atoms with Crippen LogP contribution in [-0.2, 0) is 9.53 Å². The van der Waals surface area contributed by atoms with Gasteiger partial charge in [0, 0.05) is 6.20 Å². The van der Waals surface area contributed by atoms with Gasteiger partial charge in [0.2, 0.25) is 0 Å². The van der Waals surface area contributed by atoms with Crippen molar-refractivity contribution in [1.82, 2.24) is 15.3 Å². The van der Waals surface area contributed by atoms with E-state index >= 15 is 0 Å². The number of methoxy groups -OCH3 is 1. The van der Waals surface area contributed by atoms with E-state index in [-0.39, 0.29) is 5.69 Å². The van der Waals surface area contributed by atoms with Crippen molar-refractivity contribution in [2.24, 2.45) is 0 Å². The molecule has 1 aromatic rings. The van der Waals surface area contributed by atoms with Gasteiger partial charge in [-0.1, -0.05) is 0 Å². The third kappa shape index (κ3) is 3.24. The summed E-state index contributed by atoms with van der Waals surface area (Å²) in [7, 11) is 1.27. The molecule has 92 valence electrons. The number of ether oxygens (including phenoxy) is 1. The highest BCUT2D eigenvalue weighted by molar-refractivity contribution is 5.96. The zero-order valence-electron chi connectivity index (χ0n) is 10.3. The molecule has 0 aromatic carbocycles. The topological polar surface area (TPSA) is 81.2 Å². The van der Waals surface area contributed by atoms with Crippen LogP contribution in [0, 0.1) is 6.92 Å². The summed E-state index contributed by atoms with van der Waals surface area (Å²) < 4.78 is 4.58. The van der Waals surface area contributed by atoms with Crippen LogP contribution in [0.3, 0.4) is 0 Å². The van der Waals surface area contributed by atoms with Gasteiger partial charge in [-0.05, 0) is 20.8 Å². The maximum atomic E-state index is 11.8. The first-order valence-corrected chi connectivity index (χ1v) is 5.06. The van der Waals surface area contributed by atoms with E-state index in [9.17, 15) is 9.59 Å². The second-order valence-electron chi connectivity index (χ2n) is 4.11. The quantitative estimate of drug-likeness (QED) is 0.773. The minimum absolute atomic E-state index is 0.160. The number of aromatic nitrogens is 2. The van der Waals surface area contributed by atoms with Gasteiger partial charge in [0.15, 0.2) is 0 Å². The number of amides is 1. The molecule has 1 aromatic heterocycles. The first kappa shape index (κ1) is 13.1. The Morgan fingerprint density at radius 3 is 2.41 bits per heavy atom. The number of rotatable bonds is 3. The van der Waals surface area contributed by atoms with E-state index in [0.717, 1.165) is 0 Å². The molecule has 1 rings (SSSR count). The number of carbonyl (C=O) groups excluding carboxylic acids is 2. The zero-order chi connectivity index (χ0) is 13.1. The van der Waals surface area contributed by atoms with Gasteiger partial charge in [0.1, 0.15) is 11.2 Å². The molecule has 0 bridgehead atoms. The Hall–Kier alpha value is -1.98. The molecule has 0 radical (unpaired) electrons. The number of aryl methyl sites for hydroxylation is 1. The van der Waals surface area contributed by atoms with Crippen LogP contribution in [-0.4, -0.2) is 34.5 Å². The van der Waals surface area contributed by atoms with Crippen molar-refractivity contribution in [2.75, 3.05) is 7.11 Å². The van der Waals surface area contributed by atoms with Crippen molar-refractivity contribution in [3.05, 3.63) is 23.8 Å². The molecule has 0 atom stereocenters. The lowest BCUT2D eigenvalue weighted by atomic mass is 10.1. The second-order valence-corrected chi connectivity index (χ2v) is 4.11. The van der Waals surface area contributed by atoms with Crippen LogP contribution >= 0.6 is 0 Å². The van der Waals surface area contributed by atoms with E-state index in [4.69, 9.17) is 0 Å². The van der Waals surface area contributed by atoms with Crippen LogP contribution in [0.4, 0.5) is 0 Å². The van der Waals surface area contributed by atoms with Crippen LogP contribution in [0.2, 0.25) is 0 Å². The largest absolute Gasteiger partial charge is 0.467 e. The Morgan fingerprint density at radius 2 is 1.94 bits per heavy atom. The summed E-state index contributed by atoms with van der Waals surface area (Å²) in [5, 5.41) is 2.53. The Labute approximate surface area is 99.4 Å². The van der Waals surface area contributed by atoms with Crippen molar-refractivity contribution in [3.63, 3.8) is 0 Å². The average Bonchev–Trinajstić information content (AvgIpc) is 2.28. The smallest absolute Gasteiger partial charge is 0.330 e. The maximum Gasteiger partial charge on any atom is 0.330 e. The maximum absolute atomic E-state index is 11.8. The molecular formula is C11H15N3O3. The van der Waals surface area contributed by atoms with E-state index in [0.29, 0.717) is 5.69 Å². The van der Waals surface area contributed by atoms with E-state index in [1.54, 1.807) is 20.8 Å². The molecule has 0 aliphatic rings. The molecule has 0 spiro atoms. The van der Waals surface area contributed by atoms with Crippen molar-refractivity contribution < 1.29 is 14.3 Å². The number of hydrogen-bond acceptors (Lipinski definition) is 5. The molecular weight excluding hydrogens is 222 g/mol. The monoisotopic (exact) mass is 237 g/mol. The fourth-order valence-corrected chi connectivity index (χ4v) is 1.16. The normalized spacial score (nSPS) is 10.8. The van der Waals surface area contributed by atoms with E-state index < -0.39 is 17.4 Å². The van der Waals surface area contributed by atoms with Gasteiger partial charge in [-0.15, -0.1) is 0 Å². The number of nitrogens with one attached hydrogen (secondary N) is 1. The third-order valence-corrected chi connectivity index (χ3v) is 2.14. The van der Waals surface area contributed by atoms with Crippen LogP contribution in [0.15, 0.2) is 12.4 Å². The summed E-state index contributed by atoms with van der Waals surface area (Å²) in [6.45, 7) is 4.88. The van der Waals surface area contributed by atoms with Gasteiger partial charge in [-0.3, -0.25) is 9.78 Å². The zero-order valence-corrected chi connectivity index (χ0v) is 10.3. The molecule has 0 unspecified atom stereocenters. The van der Waals surface area contributed by atoms with E-state index in [1.165, 1.54) is 19.5 Å². The van der Waals surface area contributed by atoms with Crippen LogP contribution in [0.1, 0.15) is 30.0 Å². The fourth-order valence-electron chi connectivity index (χ4n) is 1.16. The number of carbonyl (C=O) groups is 2. The predicted octanol–water partition coefficient (Wildman–Crippen LogP) is 0.466. The Bertz CT molecular complexity index is 426. The van der Waals surface area contributed by atoms with E-state index in [1.807, 2.05) is 0 Å². The molecule has 1 N–H and O–H groups in total. The van der Waals surface area contributed by atoms with Gasteiger partial charge in [0.05, 0.1) is 19.0 Å². The lowest BCUT2D eigenvalue weighted by Gasteiger charge is -2.22. The van der Waals surface area contributed by atoms with E-state index in [2.05, 4.69) is 20.0 Å². The molecule has 1 heterocycles. The Kier molecular flexibility index (Phi) is 3.77. The third-order valence-electron chi connectivity index (χ3n) is 2.14. The molecule has 0 saturated heterocycles. The molecule has 0 saturated carbocycles. The first-order chi connectivity index (χ1) is 7.86. The predicted molar refractivity (Wildman–Crippen MR) is 60.3 cm³/mol. The first-order valence-electron chi connectivity index (χ1n) is 5.06. The van der Waals surface area contributed by atoms with Gasteiger partial charge in [-0.25, -0.2) is 9.78 Å². The van der Waals surface area contributed by atoms with Crippen LogP contribution in [0.5, 0.6) is 0 Å². The van der Waals surface area contributed by atoms with Crippen LogP contribution in [0.25, 0.3) is 0 Å². The molecule has 1 amide bonds.